The number of anilines is 1. The number of rotatable bonds is 5. The van der Waals surface area contributed by atoms with E-state index in [-0.39, 0.29) is 6.10 Å². The van der Waals surface area contributed by atoms with Gasteiger partial charge in [0, 0.05) is 31.8 Å². The lowest BCUT2D eigenvalue weighted by Gasteiger charge is -2.02. The molecule has 84 valence electrons. The summed E-state index contributed by atoms with van der Waals surface area (Å²) in [4.78, 5) is 4.38. The molecular weight excluding hydrogens is 214 g/mol. The summed E-state index contributed by atoms with van der Waals surface area (Å²) in [6.45, 7) is 2.27. The van der Waals surface area contributed by atoms with Gasteiger partial charge < -0.3 is 14.8 Å². The fourth-order valence-electron chi connectivity index (χ4n) is 1.48. The van der Waals surface area contributed by atoms with E-state index >= 15 is 0 Å². The summed E-state index contributed by atoms with van der Waals surface area (Å²) < 4.78 is 14.7. The molecule has 1 aliphatic rings. The van der Waals surface area contributed by atoms with Crippen molar-refractivity contribution in [2.75, 3.05) is 32.2 Å². The zero-order chi connectivity index (χ0) is 10.5. The first-order valence-electron chi connectivity index (χ1n) is 5.08. The fraction of sp³-hybridized carbons (Fsp3) is 0.778. The molecule has 0 aliphatic carbocycles. The quantitative estimate of drug-likeness (QED) is 0.774. The molecule has 0 saturated carbocycles. The molecule has 5 nitrogen and oxygen atoms in total. The van der Waals surface area contributed by atoms with Crippen molar-refractivity contribution in [3.05, 3.63) is 5.82 Å². The molecule has 0 spiro atoms. The molecule has 2 rings (SSSR count). The lowest BCUT2D eigenvalue weighted by Crippen LogP contribution is -2.07. The topological polar surface area (TPSA) is 56.3 Å². The smallest absolute Gasteiger partial charge is 0.202 e. The summed E-state index contributed by atoms with van der Waals surface area (Å²) in [7, 11) is 1.68. The minimum atomic E-state index is 0.110. The van der Waals surface area contributed by atoms with Gasteiger partial charge in [0.05, 0.1) is 6.61 Å². The maximum atomic E-state index is 5.51. The van der Waals surface area contributed by atoms with Gasteiger partial charge in [0.25, 0.3) is 0 Å². The van der Waals surface area contributed by atoms with Gasteiger partial charge in [-0.05, 0) is 12.8 Å². The van der Waals surface area contributed by atoms with Crippen molar-refractivity contribution in [2.24, 2.45) is 0 Å². The minimum absolute atomic E-state index is 0.110. The molecule has 0 amide bonds. The molecular formula is C9H15N3O2S. The monoisotopic (exact) mass is 229 g/mol. The molecule has 15 heavy (non-hydrogen) atoms. The number of nitrogens with zero attached hydrogens (tertiary/aromatic N) is 2. The summed E-state index contributed by atoms with van der Waals surface area (Å²) >= 11 is 1.38. The van der Waals surface area contributed by atoms with E-state index in [0.717, 1.165) is 36.9 Å². The van der Waals surface area contributed by atoms with Gasteiger partial charge >= 0.3 is 0 Å². The van der Waals surface area contributed by atoms with E-state index in [2.05, 4.69) is 14.7 Å². The number of ether oxygens (including phenoxy) is 2. The van der Waals surface area contributed by atoms with Gasteiger partial charge in [-0.1, -0.05) is 0 Å². The van der Waals surface area contributed by atoms with E-state index in [9.17, 15) is 0 Å². The van der Waals surface area contributed by atoms with Crippen molar-refractivity contribution >= 4 is 16.7 Å². The Balaban J connectivity index is 1.86. The third kappa shape index (κ3) is 2.87. The van der Waals surface area contributed by atoms with Gasteiger partial charge in [0.2, 0.25) is 5.13 Å². The Morgan fingerprint density at radius 1 is 1.67 bits per heavy atom. The van der Waals surface area contributed by atoms with Crippen LogP contribution in [0, 0.1) is 0 Å². The maximum absolute atomic E-state index is 5.51. The van der Waals surface area contributed by atoms with Crippen molar-refractivity contribution in [3.8, 4) is 0 Å². The molecule has 1 aromatic rings. The summed E-state index contributed by atoms with van der Waals surface area (Å²) in [5.74, 6) is 0.817. The van der Waals surface area contributed by atoms with Gasteiger partial charge in [-0.3, -0.25) is 0 Å². The summed E-state index contributed by atoms with van der Waals surface area (Å²) in [5.41, 5.74) is 0. The largest absolute Gasteiger partial charge is 0.383 e. The normalized spacial score (nSPS) is 20.7. The molecule has 6 heteroatoms. The van der Waals surface area contributed by atoms with Crippen molar-refractivity contribution in [3.63, 3.8) is 0 Å². The van der Waals surface area contributed by atoms with Crippen LogP contribution >= 0.6 is 11.5 Å². The van der Waals surface area contributed by atoms with E-state index in [4.69, 9.17) is 9.47 Å². The number of hydrogen-bond acceptors (Lipinski definition) is 6. The van der Waals surface area contributed by atoms with Crippen molar-refractivity contribution in [2.45, 2.75) is 18.9 Å². The Morgan fingerprint density at radius 3 is 3.33 bits per heavy atom. The standard InChI is InChI=1S/C9H15N3O2S/c1-13-6-4-10-9-11-8(12-15-9)7-3-2-5-14-7/h7H,2-6H2,1H3,(H,10,11,12). The second-order valence-corrected chi connectivity index (χ2v) is 4.13. The van der Waals surface area contributed by atoms with E-state index in [1.54, 1.807) is 7.11 Å². The van der Waals surface area contributed by atoms with Crippen LogP contribution in [0.25, 0.3) is 0 Å². The van der Waals surface area contributed by atoms with Gasteiger partial charge in [-0.15, -0.1) is 0 Å². The highest BCUT2D eigenvalue weighted by atomic mass is 32.1. The van der Waals surface area contributed by atoms with Gasteiger partial charge in [0.1, 0.15) is 6.10 Å². The van der Waals surface area contributed by atoms with Crippen molar-refractivity contribution in [1.82, 2.24) is 9.36 Å². The second-order valence-electron chi connectivity index (χ2n) is 3.38. The van der Waals surface area contributed by atoms with Crippen LogP contribution in [-0.2, 0) is 9.47 Å². The molecule has 1 atom stereocenters. The Bertz CT molecular complexity index is 299. The molecule has 1 N–H and O–H groups in total. The van der Waals surface area contributed by atoms with Gasteiger partial charge in [-0.25, -0.2) is 4.98 Å². The number of aromatic nitrogens is 2. The van der Waals surface area contributed by atoms with Crippen LogP contribution in [0.3, 0.4) is 0 Å². The van der Waals surface area contributed by atoms with Gasteiger partial charge in [0.15, 0.2) is 5.82 Å². The molecule has 1 aliphatic heterocycles. The lowest BCUT2D eigenvalue weighted by atomic mass is 10.2. The fourth-order valence-corrected chi connectivity index (χ4v) is 2.12. The predicted octanol–water partition coefficient (Wildman–Crippen LogP) is 1.45. The summed E-state index contributed by atoms with van der Waals surface area (Å²) in [5, 5.41) is 4.00. The van der Waals surface area contributed by atoms with Crippen LogP contribution in [-0.4, -0.2) is 36.2 Å². The Hall–Kier alpha value is -0.720. The maximum Gasteiger partial charge on any atom is 0.202 e. The predicted molar refractivity (Wildman–Crippen MR) is 58.2 cm³/mol. The lowest BCUT2D eigenvalue weighted by molar-refractivity contribution is 0.106. The molecule has 0 radical (unpaired) electrons. The molecule has 0 bridgehead atoms. The van der Waals surface area contributed by atoms with E-state index in [1.165, 1.54) is 11.5 Å². The number of methoxy groups -OCH3 is 1. The molecule has 0 aromatic carbocycles. The van der Waals surface area contributed by atoms with E-state index in [0.29, 0.717) is 6.61 Å². The highest BCUT2D eigenvalue weighted by Gasteiger charge is 2.21. The van der Waals surface area contributed by atoms with Crippen LogP contribution in [0.5, 0.6) is 0 Å². The van der Waals surface area contributed by atoms with E-state index < -0.39 is 0 Å². The average Bonchev–Trinajstić information content (AvgIpc) is 2.87. The van der Waals surface area contributed by atoms with Crippen LogP contribution < -0.4 is 5.32 Å². The van der Waals surface area contributed by atoms with Crippen LogP contribution in [0.15, 0.2) is 0 Å². The van der Waals surface area contributed by atoms with Crippen LogP contribution in [0.1, 0.15) is 24.8 Å². The number of nitrogens with one attached hydrogen (secondary N) is 1. The Kier molecular flexibility index (Phi) is 3.87. The summed E-state index contributed by atoms with van der Waals surface area (Å²) in [6.07, 6.45) is 2.25. The first-order chi connectivity index (χ1) is 7.40. The second kappa shape index (κ2) is 5.39. The number of hydrogen-bond donors (Lipinski definition) is 1. The molecule has 1 saturated heterocycles. The molecule has 1 fully saturated rings. The molecule has 1 unspecified atom stereocenters. The average molecular weight is 229 g/mol. The van der Waals surface area contributed by atoms with Crippen molar-refractivity contribution < 1.29 is 9.47 Å². The zero-order valence-electron chi connectivity index (χ0n) is 8.73. The van der Waals surface area contributed by atoms with Crippen molar-refractivity contribution in [1.29, 1.82) is 0 Å². The highest BCUT2D eigenvalue weighted by Crippen LogP contribution is 2.28. The third-order valence-electron chi connectivity index (χ3n) is 2.24. The van der Waals surface area contributed by atoms with Crippen LogP contribution in [0.4, 0.5) is 5.13 Å². The first-order valence-corrected chi connectivity index (χ1v) is 5.85. The van der Waals surface area contributed by atoms with Crippen LogP contribution in [0.2, 0.25) is 0 Å². The Morgan fingerprint density at radius 2 is 2.60 bits per heavy atom. The molecule has 2 heterocycles. The molecule has 1 aromatic heterocycles. The minimum Gasteiger partial charge on any atom is -0.383 e. The Labute approximate surface area is 93.0 Å². The highest BCUT2D eigenvalue weighted by molar-refractivity contribution is 7.09. The SMILES string of the molecule is COCCNc1nc(C2CCCO2)ns1. The summed E-state index contributed by atoms with van der Waals surface area (Å²) in [6, 6.07) is 0. The first kappa shape index (κ1) is 10.8. The van der Waals surface area contributed by atoms with E-state index in [1.807, 2.05) is 0 Å². The zero-order valence-corrected chi connectivity index (χ0v) is 9.55. The van der Waals surface area contributed by atoms with Gasteiger partial charge in [-0.2, -0.15) is 4.37 Å². The third-order valence-corrected chi connectivity index (χ3v) is 2.93.